The van der Waals surface area contributed by atoms with Gasteiger partial charge in [0.15, 0.2) is 0 Å². The quantitative estimate of drug-likeness (QED) is 0.206. The molecule has 18 unspecified atom stereocenters. The van der Waals surface area contributed by atoms with Crippen LogP contribution in [0, 0.1) is 166 Å². The summed E-state index contributed by atoms with van der Waals surface area (Å²) in [6, 6.07) is 0. The predicted molar refractivity (Wildman–Crippen MR) is 586 cm³/mol. The minimum absolute atomic E-state index is 0. The third-order valence-corrected chi connectivity index (χ3v) is 41.0. The van der Waals surface area contributed by atoms with Gasteiger partial charge in [0.1, 0.15) is 65.2 Å². The van der Waals surface area contributed by atoms with Gasteiger partial charge in [0.2, 0.25) is 0 Å². The molecule has 0 spiro atoms. The SMILES string of the molecule is C1CCOC1.C1CCOC1.C1CCOC1.C1CCOC1.C1CCOC1.C1CCOC1.CC1CC(C)C([PH-])C(C)C1.CC1CC(C)C([PH-])C(C)C1.CC1CC(C)C([PH-])C(C)C1.CC1CC(C)C([PH-])C(C)C1.CC1CC(C)C([PH-])C(C)C1.CC1CC(C)C([PH-])C(C)C1.CC1CC(C)C([PH3+])C(C)C1.CC1CC(C)C([PH3+])C(C)C1.O1C2C3C2C2C1C32.[CH3][Al].[CH3][Al].[CH3][Al].[CH3][Al].[Li+].[Li+].[Li+].[Li+].[Li+].[Li+].[Li+].[Li+]. The zero-order chi connectivity index (χ0) is 95.2. The van der Waals surface area contributed by atoms with Crippen LogP contribution in [0.4, 0.5) is 0 Å². The molecule has 2 bridgehead atoms. The van der Waals surface area contributed by atoms with Crippen molar-refractivity contribution >= 4 is 139 Å². The summed E-state index contributed by atoms with van der Waals surface area (Å²) in [5.74, 6) is 34.0. The Morgan fingerprint density at radius 3 is 0.331 bits per heavy atom. The van der Waals surface area contributed by atoms with E-state index in [1.165, 1.54) is 180 Å². The minimum Gasteiger partial charge on any atom is -0.554 e. The Bertz CT molecular complexity index is 1870. The Balaban J connectivity index is -0.000000176. The van der Waals surface area contributed by atoms with Crippen LogP contribution in [-0.4, -0.2) is 202 Å². The third kappa shape index (κ3) is 69.6. The summed E-state index contributed by atoms with van der Waals surface area (Å²) in [6.45, 7) is 68.8. The van der Waals surface area contributed by atoms with Crippen molar-refractivity contribution in [3.05, 3.63) is 0 Å². The van der Waals surface area contributed by atoms with Crippen molar-refractivity contribution in [2.45, 2.75) is 427 Å². The van der Waals surface area contributed by atoms with Gasteiger partial charge in [0.25, 0.3) is 0 Å². The van der Waals surface area contributed by atoms with Crippen LogP contribution in [-0.2, 0) is 33.2 Å². The molecular weight excluding hydrogens is 1800 g/mol. The molecule has 19 fully saturated rings. The van der Waals surface area contributed by atoms with E-state index in [0.29, 0.717) is 0 Å². The summed E-state index contributed by atoms with van der Waals surface area (Å²) >= 11 is 9.67. The summed E-state index contributed by atoms with van der Waals surface area (Å²) in [4.78, 5) is 0. The van der Waals surface area contributed by atoms with Crippen LogP contribution >= 0.6 is 73.9 Å². The van der Waals surface area contributed by atoms with Crippen molar-refractivity contribution in [2.75, 3.05) is 79.3 Å². The van der Waals surface area contributed by atoms with Crippen LogP contribution < -0.4 is 151 Å². The predicted octanol–water partition coefficient (Wildman–Crippen LogP) is 6.41. The molecule has 8 heterocycles. The van der Waals surface area contributed by atoms with E-state index in [1.54, 1.807) is 0 Å². The zero-order valence-corrected chi connectivity index (χ0v) is 109. The van der Waals surface area contributed by atoms with Gasteiger partial charge in [-0.1, -0.05) is 314 Å². The van der Waals surface area contributed by atoms with E-state index in [9.17, 15) is 0 Å². The molecule has 0 aromatic heterocycles. The summed E-state index contributed by atoms with van der Waals surface area (Å²) in [7, 11) is 27.2. The largest absolute Gasteiger partial charge is 1.00 e. The van der Waals surface area contributed by atoms with Crippen LogP contribution in [0.5, 0.6) is 0 Å². The van der Waals surface area contributed by atoms with Crippen molar-refractivity contribution < 1.29 is 184 Å². The standard InChI is InChI=1S/2C9H19P.6C9H18P.C6H6O.6C4H8O.4CH3.4Al.8Li/c8*1-6-4-7(2)9(10)8(3)5-6;7-5-1-2(5)4-3(1)6(4)7;6*1-2-4-5-3-1;;;;;;;;;;;;;;;;/h2*6-9H,4-5,10H2,1-3H3;6*6-10H,4-5H2,1-3H3;1-6H;6*1-4H2;4*1H3;;;;;;;;;;;;/q;;6*-1;;;;;;;;;;;;;;;;8*+1/p+2. The molecule has 18 atom stereocenters. The molecule has 27 heteroatoms. The van der Waals surface area contributed by atoms with Gasteiger partial charge in [-0.3, -0.25) is 0 Å². The Hall–Kier alpha value is 10.1. The van der Waals surface area contributed by atoms with Crippen LogP contribution in [0.25, 0.3) is 0 Å². The molecule has 133 heavy (non-hydrogen) atoms. The number of rotatable bonds is 0. The second-order valence-corrected chi connectivity index (χ2v) is 49.9. The van der Waals surface area contributed by atoms with Crippen molar-refractivity contribution in [3.8, 4) is 0 Å². The molecular formula is C106H214Al4Li8O7P8+4. The summed E-state index contributed by atoms with van der Waals surface area (Å²) < 4.78 is 35.2. The average molecular weight is 2010 g/mol. The molecule has 19 aliphatic rings. The fourth-order valence-electron chi connectivity index (χ4n) is 23.9. The Kier molecular flexibility index (Phi) is 117. The molecule has 0 amide bonds. The number of ether oxygens (including phenoxy) is 7. The van der Waals surface area contributed by atoms with Gasteiger partial charge in [-0.2, -0.15) is 34.0 Å². The van der Waals surface area contributed by atoms with Gasteiger partial charge in [0.05, 0.1) is 23.5 Å². The van der Waals surface area contributed by atoms with Crippen molar-refractivity contribution in [1.82, 2.24) is 0 Å². The average Bonchev–Trinajstić information content (AvgIpc) is 1.43. The monoisotopic (exact) mass is 2010 g/mol. The first-order valence-electron chi connectivity index (χ1n) is 52.7. The van der Waals surface area contributed by atoms with E-state index < -0.39 is 0 Å². The Labute approximate surface area is 983 Å². The number of hydrogen-bond donors (Lipinski definition) is 0. The molecule has 736 valence electrons. The normalized spacial score (nSPS) is 40.3. The van der Waals surface area contributed by atoms with Gasteiger partial charge in [-0.05, 0) is 216 Å². The van der Waals surface area contributed by atoms with Crippen LogP contribution in [0.15, 0.2) is 0 Å². The Morgan fingerprint density at radius 1 is 0.173 bits per heavy atom. The second kappa shape index (κ2) is 96.6. The summed E-state index contributed by atoms with van der Waals surface area (Å²) in [5.41, 5.74) is 6.53. The van der Waals surface area contributed by atoms with E-state index in [-0.39, 0.29) is 151 Å². The van der Waals surface area contributed by atoms with E-state index in [0.717, 1.165) is 302 Å². The molecule has 0 aromatic rings. The maximum Gasteiger partial charge on any atom is 1.00 e. The Morgan fingerprint density at radius 2 is 0.263 bits per heavy atom. The van der Waals surface area contributed by atoms with E-state index in [2.05, 4.69) is 305 Å². The molecule has 8 aliphatic heterocycles. The van der Waals surface area contributed by atoms with Crippen molar-refractivity contribution in [2.24, 2.45) is 166 Å². The summed E-state index contributed by atoms with van der Waals surface area (Å²) in [5, 5.41) is 0. The van der Waals surface area contributed by atoms with E-state index in [4.69, 9.17) is 33.2 Å². The maximum atomic E-state index is 5.55. The van der Waals surface area contributed by atoms with E-state index >= 15 is 0 Å². The smallest absolute Gasteiger partial charge is 0.554 e. The van der Waals surface area contributed by atoms with Crippen LogP contribution in [0.2, 0.25) is 23.1 Å². The van der Waals surface area contributed by atoms with Crippen LogP contribution in [0.3, 0.4) is 0 Å². The molecule has 7 nitrogen and oxygen atoms in total. The number of hydrogen-bond acceptors (Lipinski definition) is 7. The summed E-state index contributed by atoms with van der Waals surface area (Å²) in [6.07, 6.45) is 39.6. The second-order valence-electron chi connectivity index (χ2n) is 44.0. The molecule has 8 radical (unpaired) electrons. The van der Waals surface area contributed by atoms with Gasteiger partial charge < -0.3 is 88.6 Å². The molecule has 11 saturated carbocycles. The van der Waals surface area contributed by atoms with Gasteiger partial charge >= 0.3 is 151 Å². The zero-order valence-electron chi connectivity index (χ0n) is 95.8. The molecule has 19 rings (SSSR count). The third-order valence-electron chi connectivity index (χ3n) is 31.0. The topological polar surface area (TPSA) is 64.6 Å². The first-order valence-corrected chi connectivity index (χ1v) is 62.4. The molecule has 11 aliphatic carbocycles. The van der Waals surface area contributed by atoms with Gasteiger partial charge in [0, 0.05) is 79.3 Å². The maximum absolute atomic E-state index is 5.55. The first-order chi connectivity index (χ1) is 59.4. The molecule has 8 saturated heterocycles. The molecule has 0 N–H and O–H groups in total. The van der Waals surface area contributed by atoms with E-state index in [1.807, 2.05) is 23.1 Å². The fourth-order valence-corrected chi connectivity index (χ4v) is 26.3. The van der Waals surface area contributed by atoms with Crippen molar-refractivity contribution in [3.63, 3.8) is 0 Å². The molecule has 0 aromatic carbocycles. The fraction of sp³-hybridized carbons (Fsp3) is 1.00. The van der Waals surface area contributed by atoms with Crippen LogP contribution in [0.1, 0.15) is 346 Å². The minimum atomic E-state index is 0. The van der Waals surface area contributed by atoms with Gasteiger partial charge in [-0.15, -0.1) is 23.1 Å². The van der Waals surface area contributed by atoms with Gasteiger partial charge in [-0.25, -0.2) is 0 Å². The first kappa shape index (κ1) is 161. The van der Waals surface area contributed by atoms with Crippen molar-refractivity contribution in [1.29, 1.82) is 0 Å².